The van der Waals surface area contributed by atoms with Gasteiger partial charge in [-0.2, -0.15) is 92.2 Å². The topological polar surface area (TPSA) is 9.23 Å². The summed E-state index contributed by atoms with van der Waals surface area (Å²) in [6.07, 6.45) is -15.2. The number of halogens is 22. The Morgan fingerprint density at radius 2 is 0.676 bits per heavy atom. The van der Waals surface area contributed by atoms with Crippen molar-refractivity contribution in [1.29, 1.82) is 0 Å². The van der Waals surface area contributed by atoms with Gasteiger partial charge in [-0.25, -0.2) is 4.39 Å². The second-order valence-corrected chi connectivity index (χ2v) is 6.87. The van der Waals surface area contributed by atoms with Gasteiger partial charge in [0.05, 0.1) is 6.42 Å². The van der Waals surface area contributed by atoms with Gasteiger partial charge in [0.25, 0.3) is 0 Å². The van der Waals surface area contributed by atoms with Crippen LogP contribution in [0.25, 0.3) is 0 Å². The van der Waals surface area contributed by atoms with E-state index in [1.165, 1.54) is 0 Å². The van der Waals surface area contributed by atoms with Crippen LogP contribution in [-0.4, -0.2) is 72.4 Å². The average molecular weight is 610 g/mol. The van der Waals surface area contributed by atoms with Crippen LogP contribution in [0, 0.1) is 0 Å². The molecule has 0 spiro atoms. The molecule has 0 saturated heterocycles. The number of alkyl halides is 22. The maximum absolute atomic E-state index is 13.5. The van der Waals surface area contributed by atoms with Crippen LogP contribution in [-0.2, 0) is 4.74 Å². The fourth-order valence-corrected chi connectivity index (χ4v) is 2.16. The number of rotatable bonds is 12. The Kier molecular flexibility index (Phi) is 8.87. The van der Waals surface area contributed by atoms with Gasteiger partial charge in [0.2, 0.25) is 6.36 Å². The van der Waals surface area contributed by atoms with E-state index >= 15 is 0 Å². The molecule has 0 amide bonds. The second-order valence-electron chi connectivity index (χ2n) is 6.87. The van der Waals surface area contributed by atoms with Crippen LogP contribution in [0.2, 0.25) is 0 Å². The van der Waals surface area contributed by atoms with Gasteiger partial charge < -0.3 is 4.74 Å². The smallest absolute Gasteiger partial charge is 0.348 e. The van der Waals surface area contributed by atoms with E-state index in [9.17, 15) is 96.6 Å². The van der Waals surface area contributed by atoms with Gasteiger partial charge >= 0.3 is 59.5 Å². The van der Waals surface area contributed by atoms with E-state index in [0.29, 0.717) is 0 Å². The van der Waals surface area contributed by atoms with Gasteiger partial charge in [0.1, 0.15) is 0 Å². The fraction of sp³-hybridized carbons (Fsp3) is 1.00. The molecule has 0 fully saturated rings. The molecular formula is C14H8F22O. The first-order chi connectivity index (χ1) is 15.7. The minimum Gasteiger partial charge on any atom is -0.348 e. The quantitative estimate of drug-likeness (QED) is 0.204. The lowest BCUT2D eigenvalue weighted by Crippen LogP contribution is -2.76. The zero-order valence-electron chi connectivity index (χ0n) is 16.7. The van der Waals surface area contributed by atoms with Gasteiger partial charge in [0, 0.05) is 6.61 Å². The van der Waals surface area contributed by atoms with Crippen LogP contribution < -0.4 is 0 Å². The molecule has 0 rings (SSSR count). The van der Waals surface area contributed by atoms with Crippen molar-refractivity contribution in [2.24, 2.45) is 0 Å². The maximum atomic E-state index is 13.5. The van der Waals surface area contributed by atoms with Gasteiger partial charge in [-0.3, -0.25) is 0 Å². The van der Waals surface area contributed by atoms with E-state index in [1.54, 1.807) is 0 Å². The Morgan fingerprint density at radius 3 is 0.919 bits per heavy atom. The van der Waals surface area contributed by atoms with Crippen LogP contribution in [0.5, 0.6) is 0 Å². The third-order valence-corrected chi connectivity index (χ3v) is 4.34. The van der Waals surface area contributed by atoms with Crippen molar-refractivity contribution < 1.29 is 101 Å². The molecule has 0 saturated carbocycles. The second kappa shape index (κ2) is 9.26. The maximum Gasteiger partial charge on any atom is 0.460 e. The predicted molar refractivity (Wildman–Crippen MR) is 71.7 cm³/mol. The molecule has 0 aromatic heterocycles. The highest BCUT2D eigenvalue weighted by Crippen LogP contribution is 2.66. The number of hydrogen-bond donors (Lipinski definition) is 0. The summed E-state index contributed by atoms with van der Waals surface area (Å²) in [5, 5.41) is 0. The minimum atomic E-state index is -9.23. The van der Waals surface area contributed by atoms with Crippen LogP contribution in [0.1, 0.15) is 13.3 Å². The first-order valence-electron chi connectivity index (χ1n) is 8.43. The van der Waals surface area contributed by atoms with E-state index in [0.717, 1.165) is 6.92 Å². The molecule has 37 heavy (non-hydrogen) atoms. The van der Waals surface area contributed by atoms with E-state index in [-0.39, 0.29) is 0 Å². The third-order valence-electron chi connectivity index (χ3n) is 4.34. The summed E-state index contributed by atoms with van der Waals surface area (Å²) in [6, 6.07) is 0. The van der Waals surface area contributed by atoms with Crippen molar-refractivity contribution >= 4 is 0 Å². The lowest BCUT2D eigenvalue weighted by molar-refractivity contribution is -0.474. The SMILES string of the molecule is CCOC(F)CC(F)(F)C(F)(F)C(F)(F)C(F)(F)C(F)(F)C(F)(F)C(F)(F)C(F)(F)C(F)(F)C(F)(F)F. The summed E-state index contributed by atoms with van der Waals surface area (Å²) in [4.78, 5) is 0. The van der Waals surface area contributed by atoms with Crippen molar-refractivity contribution in [3.63, 3.8) is 0 Å². The highest BCUT2D eigenvalue weighted by molar-refractivity contribution is 5.17. The zero-order valence-corrected chi connectivity index (χ0v) is 16.7. The summed E-state index contributed by atoms with van der Waals surface area (Å²) in [7, 11) is 0. The summed E-state index contributed by atoms with van der Waals surface area (Å²) in [5.74, 6) is -77.9. The molecule has 0 aliphatic rings. The number of ether oxygens (including phenoxy) is 1. The van der Waals surface area contributed by atoms with E-state index in [2.05, 4.69) is 4.74 Å². The molecule has 0 aliphatic heterocycles. The van der Waals surface area contributed by atoms with Crippen molar-refractivity contribution in [2.45, 2.75) is 79.2 Å². The van der Waals surface area contributed by atoms with Gasteiger partial charge in [0.15, 0.2) is 0 Å². The van der Waals surface area contributed by atoms with E-state index in [1.807, 2.05) is 0 Å². The van der Waals surface area contributed by atoms with Crippen molar-refractivity contribution in [2.75, 3.05) is 6.61 Å². The molecule has 0 aromatic rings. The molecule has 1 unspecified atom stereocenters. The third kappa shape index (κ3) is 4.73. The van der Waals surface area contributed by atoms with Crippen LogP contribution in [0.15, 0.2) is 0 Å². The minimum absolute atomic E-state index is 0.729. The van der Waals surface area contributed by atoms with Crippen molar-refractivity contribution in [1.82, 2.24) is 0 Å². The lowest BCUT2D eigenvalue weighted by atomic mass is 9.86. The highest BCUT2D eigenvalue weighted by atomic mass is 19.4. The molecule has 0 N–H and O–H groups in total. The van der Waals surface area contributed by atoms with Gasteiger partial charge in [-0.15, -0.1) is 0 Å². The molecule has 224 valence electrons. The summed E-state index contributed by atoms with van der Waals surface area (Å²) >= 11 is 0. The molecule has 0 bridgehead atoms. The molecule has 0 aromatic carbocycles. The Balaban J connectivity index is 6.95. The Labute approximate surface area is 188 Å². The largest absolute Gasteiger partial charge is 0.460 e. The van der Waals surface area contributed by atoms with Gasteiger partial charge in [-0.05, 0) is 6.92 Å². The number of hydrogen-bond acceptors (Lipinski definition) is 1. The molecule has 23 heteroatoms. The molecule has 0 heterocycles. The Morgan fingerprint density at radius 1 is 0.432 bits per heavy atom. The predicted octanol–water partition coefficient (Wildman–Crippen LogP) is 7.99. The molecule has 0 radical (unpaired) electrons. The lowest BCUT2D eigenvalue weighted by Gasteiger charge is -2.44. The van der Waals surface area contributed by atoms with Gasteiger partial charge in [-0.1, -0.05) is 0 Å². The molecule has 0 aliphatic carbocycles. The Hall–Kier alpha value is -1.58. The standard InChI is InChI=1S/C14H8F22O/c1-2-37-4(15)3-5(16,17)6(18,19)7(20,21)8(22,23)9(24,25)10(26,27)11(28,29)12(30,31)13(32,33)14(34,35)36/h4H,2-3H2,1H3. The summed E-state index contributed by atoms with van der Waals surface area (Å²) in [5.41, 5.74) is 0. The van der Waals surface area contributed by atoms with Crippen LogP contribution >= 0.6 is 0 Å². The summed E-state index contributed by atoms with van der Waals surface area (Å²) in [6.45, 7) is -0.294. The normalized spacial score (nSPS) is 17.3. The molecular weight excluding hydrogens is 602 g/mol. The average Bonchev–Trinajstić information content (AvgIpc) is 2.65. The highest BCUT2D eigenvalue weighted by Gasteiger charge is 2.97. The summed E-state index contributed by atoms with van der Waals surface area (Å²) < 4.78 is 292. The van der Waals surface area contributed by atoms with Crippen LogP contribution in [0.3, 0.4) is 0 Å². The monoisotopic (exact) mass is 610 g/mol. The molecule has 1 nitrogen and oxygen atoms in total. The van der Waals surface area contributed by atoms with Crippen molar-refractivity contribution in [3.05, 3.63) is 0 Å². The first-order valence-corrected chi connectivity index (χ1v) is 8.43. The van der Waals surface area contributed by atoms with E-state index < -0.39 is 78.9 Å². The van der Waals surface area contributed by atoms with Crippen molar-refractivity contribution in [3.8, 4) is 0 Å². The fourth-order valence-electron chi connectivity index (χ4n) is 2.16. The van der Waals surface area contributed by atoms with E-state index in [4.69, 9.17) is 0 Å². The molecule has 1 atom stereocenters. The first kappa shape index (κ1) is 35.4. The Bertz CT molecular complexity index is 794. The van der Waals surface area contributed by atoms with Crippen LogP contribution in [0.4, 0.5) is 96.6 Å². The zero-order chi connectivity index (χ0) is 30.7.